The molecule has 12 N–H and O–H groups in total. The van der Waals surface area contributed by atoms with E-state index < -0.39 is 0 Å². The molecule has 0 aliphatic heterocycles. The first-order valence-electron chi connectivity index (χ1n) is 23.8. The largest absolute Gasteiger partial charge is 0.401 e. The van der Waals surface area contributed by atoms with Gasteiger partial charge in [0.15, 0.2) is 0 Å². The molecule has 0 saturated heterocycles. The minimum atomic E-state index is -0.316. The van der Waals surface area contributed by atoms with Gasteiger partial charge in [0.25, 0.3) is 0 Å². The second kappa shape index (κ2) is 36.1. The number of nitriles is 6. The summed E-state index contributed by atoms with van der Waals surface area (Å²) >= 11 is 5.72. The monoisotopic (exact) mass is 977 g/mol. The summed E-state index contributed by atoms with van der Waals surface area (Å²) in [5.74, 6) is 0.912. The lowest BCUT2D eigenvalue weighted by Gasteiger charge is -2.33. The molecule has 0 atom stereocenters. The van der Waals surface area contributed by atoms with Crippen LogP contribution in [0.5, 0.6) is 0 Å². The molecule has 0 aromatic heterocycles. The lowest BCUT2D eigenvalue weighted by Crippen LogP contribution is -2.27. The Labute approximate surface area is 427 Å². The Hall–Kier alpha value is -7.94. The van der Waals surface area contributed by atoms with Crippen molar-refractivity contribution in [2.45, 2.75) is 117 Å². The number of halogens is 2. The Morgan fingerprint density at radius 1 is 0.563 bits per heavy atom. The molecule has 0 heterocycles. The number of nitrogens with two attached hydrogens (primary N) is 6. The van der Waals surface area contributed by atoms with E-state index in [1.807, 2.05) is 61.5 Å². The fourth-order valence-corrected chi connectivity index (χ4v) is 8.14. The van der Waals surface area contributed by atoms with E-state index in [0.29, 0.717) is 33.6 Å². The van der Waals surface area contributed by atoms with Gasteiger partial charge in [-0.3, -0.25) is 0 Å². The Kier molecular flexibility index (Phi) is 31.1. The zero-order chi connectivity index (χ0) is 52.9. The number of hydrogen-bond acceptors (Lipinski definition) is 12. The summed E-state index contributed by atoms with van der Waals surface area (Å²) in [5.41, 5.74) is 41.0. The molecule has 0 unspecified atom stereocenters. The highest BCUT2D eigenvalue weighted by Crippen LogP contribution is 2.39. The van der Waals surface area contributed by atoms with Crippen LogP contribution < -0.4 is 34.4 Å². The number of benzene rings is 3. The Morgan fingerprint density at radius 3 is 1.49 bits per heavy atom. The first-order valence-corrected chi connectivity index (χ1v) is 24.1. The minimum Gasteiger partial charge on any atom is -0.401 e. The van der Waals surface area contributed by atoms with E-state index in [2.05, 4.69) is 6.92 Å². The molecule has 3 aromatic rings. The highest BCUT2D eigenvalue weighted by Gasteiger charge is 2.29. The molecule has 3 fully saturated rings. The van der Waals surface area contributed by atoms with Gasteiger partial charge in [0.1, 0.15) is 5.82 Å². The van der Waals surface area contributed by atoms with Gasteiger partial charge in [0, 0.05) is 81.1 Å². The molecule has 3 saturated carbocycles. The molecule has 12 nitrogen and oxygen atoms in total. The zero-order valence-electron chi connectivity index (χ0n) is 41.3. The third kappa shape index (κ3) is 26.4. The highest BCUT2D eigenvalue weighted by molar-refractivity contribution is 6.30. The average Bonchev–Trinajstić information content (AvgIpc) is 3.36. The summed E-state index contributed by atoms with van der Waals surface area (Å²) in [5, 5.41) is 50.8. The molecule has 0 amide bonds. The Bertz CT molecular complexity index is 2460. The van der Waals surface area contributed by atoms with Gasteiger partial charge in [0.2, 0.25) is 0 Å². The van der Waals surface area contributed by atoms with Gasteiger partial charge < -0.3 is 34.4 Å². The SMILES string of the molecule is CC1(C(N)=CC#N)CCCCC1.Cc1cccc(C(N)=CC#N)c1.N#CC=C(N)C1CCCCC1.N#CC=C(N)CC1CCCCC1.N#CC=C(N)c1ccc(F)cc1.N#CC=C(N)c1cccc(Cl)c1. The molecule has 3 aromatic carbocycles. The second-order valence-corrected chi connectivity index (χ2v) is 18.0. The van der Waals surface area contributed by atoms with Crippen LogP contribution in [0.1, 0.15) is 132 Å². The van der Waals surface area contributed by atoms with Crippen LogP contribution in [0.2, 0.25) is 5.02 Å². The summed E-state index contributed by atoms with van der Waals surface area (Å²) < 4.78 is 12.4. The maximum atomic E-state index is 12.4. The predicted molar refractivity (Wildman–Crippen MR) is 285 cm³/mol. The first kappa shape index (κ1) is 61.1. The molecule has 0 spiro atoms. The van der Waals surface area contributed by atoms with Crippen molar-refractivity contribution in [1.82, 2.24) is 0 Å². The Morgan fingerprint density at radius 2 is 1.01 bits per heavy atom. The van der Waals surface area contributed by atoms with Crippen LogP contribution in [0.15, 0.2) is 126 Å². The van der Waals surface area contributed by atoms with E-state index in [-0.39, 0.29) is 11.2 Å². The fourth-order valence-electron chi connectivity index (χ4n) is 7.95. The third-order valence-electron chi connectivity index (χ3n) is 12.0. The van der Waals surface area contributed by atoms with Crippen LogP contribution in [-0.2, 0) is 0 Å². The first-order chi connectivity index (χ1) is 34.1. The molecule has 0 bridgehead atoms. The fraction of sp³-hybridized carbons (Fsp3) is 0.368. The van der Waals surface area contributed by atoms with E-state index in [4.69, 9.17) is 77.6 Å². The lowest BCUT2D eigenvalue weighted by molar-refractivity contribution is 0.265. The van der Waals surface area contributed by atoms with Crippen molar-refractivity contribution in [2.24, 2.45) is 51.7 Å². The van der Waals surface area contributed by atoms with Crippen molar-refractivity contribution in [2.75, 3.05) is 0 Å². The molecule has 0 radical (unpaired) electrons. The number of aryl methyl sites for hydroxylation is 1. The van der Waals surface area contributed by atoms with Crippen molar-refractivity contribution >= 4 is 28.7 Å². The van der Waals surface area contributed by atoms with Gasteiger partial charge in [-0.1, -0.05) is 125 Å². The van der Waals surface area contributed by atoms with Gasteiger partial charge in [-0.25, -0.2) is 4.39 Å². The van der Waals surface area contributed by atoms with Crippen LogP contribution in [0, 0.1) is 98.0 Å². The van der Waals surface area contributed by atoms with Crippen molar-refractivity contribution in [3.63, 3.8) is 0 Å². The summed E-state index contributed by atoms with van der Waals surface area (Å²) in [6.45, 7) is 4.15. The van der Waals surface area contributed by atoms with E-state index >= 15 is 0 Å². The van der Waals surface area contributed by atoms with Crippen LogP contribution in [0.3, 0.4) is 0 Å². The standard InChI is InChI=1S/C10H10N2.2C10H16N2.C9H7ClN2.C9H7FN2.C9H14N2/c1-8-3-2-4-9(7-8)10(12)5-6-11;1-10(9(12)5-8-11)6-3-2-4-7-10;11-7-6-10(12)8-9-4-2-1-3-5-9;10-8-3-1-2-7(6-8)9(12)4-5-11;10-8-3-1-7(2-4-8)9(12)5-6-11;10-7-6-9(11)8-4-2-1-3-5-8/h2-5,7H,12H2,1H3;5H,2-4,6-7,12H2,1H3;6,9H,1-5,8,12H2;1-4,6H,12H2;1-5H,12H2;6,8H,1-5,11H2. The van der Waals surface area contributed by atoms with Gasteiger partial charge in [-0.15, -0.1) is 0 Å². The smallest absolute Gasteiger partial charge is 0.123 e. The minimum absolute atomic E-state index is 0.105. The number of nitrogens with zero attached hydrogens (tertiary/aromatic N) is 6. The molecule has 71 heavy (non-hydrogen) atoms. The molecule has 3 aliphatic rings. The van der Waals surface area contributed by atoms with Crippen LogP contribution in [0.25, 0.3) is 17.1 Å². The molecule has 6 rings (SSSR count). The van der Waals surface area contributed by atoms with Crippen LogP contribution >= 0.6 is 11.6 Å². The summed E-state index contributed by atoms with van der Waals surface area (Å²) in [6.07, 6.45) is 28.1. The Balaban J connectivity index is 0.000000426. The molecule has 372 valence electrons. The molecule has 14 heteroatoms. The molecular formula is C57H70ClFN12. The number of rotatable bonds is 7. The lowest BCUT2D eigenvalue weighted by atomic mass is 9.73. The van der Waals surface area contributed by atoms with Crippen LogP contribution in [-0.4, -0.2) is 0 Å². The van der Waals surface area contributed by atoms with Gasteiger partial charge in [-0.2, -0.15) is 31.6 Å². The molecular weight excluding hydrogens is 907 g/mol. The van der Waals surface area contributed by atoms with Crippen LogP contribution in [0.4, 0.5) is 4.39 Å². The maximum absolute atomic E-state index is 12.4. The normalized spacial score (nSPS) is 16.1. The quantitative estimate of drug-likeness (QED) is 0.120. The van der Waals surface area contributed by atoms with Crippen molar-refractivity contribution in [1.29, 1.82) is 31.6 Å². The maximum Gasteiger partial charge on any atom is 0.123 e. The van der Waals surface area contributed by atoms with E-state index in [0.717, 1.165) is 59.0 Å². The van der Waals surface area contributed by atoms with Gasteiger partial charge in [0.05, 0.1) is 36.4 Å². The number of allylic oxidation sites excluding steroid dienone is 9. The predicted octanol–water partition coefficient (Wildman–Crippen LogP) is 12.2. The second-order valence-electron chi connectivity index (χ2n) is 17.6. The van der Waals surface area contributed by atoms with E-state index in [1.165, 1.54) is 144 Å². The van der Waals surface area contributed by atoms with E-state index in [9.17, 15) is 4.39 Å². The topological polar surface area (TPSA) is 299 Å². The van der Waals surface area contributed by atoms with Gasteiger partial charge in [-0.05, 0) is 110 Å². The third-order valence-corrected chi connectivity index (χ3v) is 12.3. The highest BCUT2D eigenvalue weighted by atomic mass is 35.5. The number of hydrogen-bond donors (Lipinski definition) is 6. The van der Waals surface area contributed by atoms with Gasteiger partial charge >= 0.3 is 0 Å². The van der Waals surface area contributed by atoms with E-state index in [1.54, 1.807) is 30.3 Å². The molecule has 3 aliphatic carbocycles. The summed E-state index contributed by atoms with van der Waals surface area (Å²) in [6, 6.07) is 32.0. The summed E-state index contributed by atoms with van der Waals surface area (Å²) in [7, 11) is 0. The van der Waals surface area contributed by atoms with Crippen molar-refractivity contribution in [3.05, 3.63) is 159 Å². The summed E-state index contributed by atoms with van der Waals surface area (Å²) in [4.78, 5) is 0. The van der Waals surface area contributed by atoms with Crippen molar-refractivity contribution < 1.29 is 4.39 Å². The van der Waals surface area contributed by atoms with Crippen molar-refractivity contribution in [3.8, 4) is 36.4 Å². The zero-order valence-corrected chi connectivity index (χ0v) is 42.0. The average molecular weight is 978 g/mol.